The van der Waals surface area contributed by atoms with Gasteiger partial charge in [0.1, 0.15) is 12.4 Å². The molecule has 0 bridgehead atoms. The monoisotopic (exact) mass is 317 g/mol. The molecule has 3 aromatic carbocycles. The first-order valence-electron chi connectivity index (χ1n) is 8.39. The lowest BCUT2D eigenvalue weighted by Crippen LogP contribution is -2.01. The van der Waals surface area contributed by atoms with E-state index in [2.05, 4.69) is 61.5 Å². The lowest BCUT2D eigenvalue weighted by molar-refractivity contribution is 0.307. The third kappa shape index (κ3) is 3.84. The molecule has 0 amide bonds. The van der Waals surface area contributed by atoms with E-state index < -0.39 is 0 Å². The molecule has 0 aliphatic rings. The summed E-state index contributed by atoms with van der Waals surface area (Å²) in [6, 6.07) is 25.1. The summed E-state index contributed by atoms with van der Waals surface area (Å²) in [4.78, 5) is 0. The van der Waals surface area contributed by atoms with Crippen molar-refractivity contribution in [1.29, 1.82) is 0 Å². The second kappa shape index (κ2) is 7.80. The molecule has 0 spiro atoms. The Balaban J connectivity index is 1.93. The fraction of sp³-hybridized carbons (Fsp3) is 0.182. The summed E-state index contributed by atoms with van der Waals surface area (Å²) in [6.07, 6.45) is 1.02. The van der Waals surface area contributed by atoms with Gasteiger partial charge in [-0.2, -0.15) is 0 Å². The minimum atomic E-state index is 0.511. The quantitative estimate of drug-likeness (QED) is 0.698. The molecule has 0 aliphatic carbocycles. The first kappa shape index (κ1) is 16.3. The van der Waals surface area contributed by atoms with E-state index in [0.717, 1.165) is 28.9 Å². The predicted octanol–water partition coefficient (Wildman–Crippen LogP) is 4.95. The third-order valence-corrected chi connectivity index (χ3v) is 4.17. The molecule has 0 fully saturated rings. The van der Waals surface area contributed by atoms with Crippen LogP contribution in [0.25, 0.3) is 11.1 Å². The zero-order chi connectivity index (χ0) is 16.8. The summed E-state index contributed by atoms with van der Waals surface area (Å²) in [5.74, 6) is 0.884. The van der Waals surface area contributed by atoms with E-state index in [1.54, 1.807) is 0 Å². The van der Waals surface area contributed by atoms with Gasteiger partial charge in [0.25, 0.3) is 0 Å². The van der Waals surface area contributed by atoms with Crippen LogP contribution in [0.5, 0.6) is 5.75 Å². The van der Waals surface area contributed by atoms with E-state index >= 15 is 0 Å². The van der Waals surface area contributed by atoms with Crippen LogP contribution in [0, 0.1) is 0 Å². The highest BCUT2D eigenvalue weighted by Gasteiger charge is 2.09. The smallest absolute Gasteiger partial charge is 0.127 e. The van der Waals surface area contributed by atoms with Gasteiger partial charge in [-0.1, -0.05) is 73.7 Å². The van der Waals surface area contributed by atoms with E-state index in [1.807, 2.05) is 18.2 Å². The maximum absolute atomic E-state index is 6.14. The van der Waals surface area contributed by atoms with Crippen LogP contribution in [0.15, 0.2) is 72.8 Å². The summed E-state index contributed by atoms with van der Waals surface area (Å²) in [5, 5.41) is 0. The Hall–Kier alpha value is -2.58. The second-order valence-electron chi connectivity index (χ2n) is 5.86. The molecular weight excluding hydrogens is 294 g/mol. The predicted molar refractivity (Wildman–Crippen MR) is 99.9 cm³/mol. The van der Waals surface area contributed by atoms with E-state index in [-0.39, 0.29) is 0 Å². The topological polar surface area (TPSA) is 35.2 Å². The molecule has 3 aromatic rings. The van der Waals surface area contributed by atoms with Gasteiger partial charge in [0.2, 0.25) is 0 Å². The zero-order valence-electron chi connectivity index (χ0n) is 14.0. The molecule has 24 heavy (non-hydrogen) atoms. The Morgan fingerprint density at radius 1 is 0.792 bits per heavy atom. The molecule has 0 aromatic heterocycles. The minimum absolute atomic E-state index is 0.511. The summed E-state index contributed by atoms with van der Waals surface area (Å²) >= 11 is 0. The molecule has 3 rings (SSSR count). The summed E-state index contributed by atoms with van der Waals surface area (Å²) in [7, 11) is 0. The maximum Gasteiger partial charge on any atom is 0.127 e. The van der Waals surface area contributed by atoms with Crippen LogP contribution >= 0.6 is 0 Å². The van der Waals surface area contributed by atoms with E-state index in [4.69, 9.17) is 10.5 Å². The van der Waals surface area contributed by atoms with Crippen molar-refractivity contribution in [2.45, 2.75) is 26.5 Å². The van der Waals surface area contributed by atoms with E-state index in [9.17, 15) is 0 Å². The third-order valence-electron chi connectivity index (χ3n) is 4.17. The van der Waals surface area contributed by atoms with Crippen LogP contribution in [-0.2, 0) is 19.6 Å². The number of hydrogen-bond donors (Lipinski definition) is 1. The van der Waals surface area contributed by atoms with Crippen LogP contribution < -0.4 is 10.5 Å². The summed E-state index contributed by atoms with van der Waals surface area (Å²) in [6.45, 7) is 3.23. The first-order chi connectivity index (χ1) is 11.8. The van der Waals surface area contributed by atoms with Crippen LogP contribution in [0.4, 0.5) is 0 Å². The van der Waals surface area contributed by atoms with Crippen molar-refractivity contribution in [2.75, 3.05) is 0 Å². The van der Waals surface area contributed by atoms with Gasteiger partial charge in [-0.15, -0.1) is 0 Å². The van der Waals surface area contributed by atoms with Gasteiger partial charge in [-0.25, -0.2) is 0 Å². The average molecular weight is 317 g/mol. The largest absolute Gasteiger partial charge is 0.488 e. The standard InChI is InChI=1S/C22H23NO/c1-2-17-9-6-10-20(13-17)21-12-11-19(15-23)14-22(21)24-16-18-7-4-3-5-8-18/h3-14H,2,15-16,23H2,1H3. The van der Waals surface area contributed by atoms with Gasteiger partial charge in [-0.05, 0) is 34.7 Å². The Kier molecular flexibility index (Phi) is 5.29. The summed E-state index contributed by atoms with van der Waals surface area (Å²) < 4.78 is 6.14. The van der Waals surface area contributed by atoms with Gasteiger partial charge in [0.05, 0.1) is 0 Å². The SMILES string of the molecule is CCc1cccc(-c2ccc(CN)cc2OCc2ccccc2)c1. The molecule has 122 valence electrons. The van der Waals surface area contributed by atoms with Gasteiger partial charge in [0.15, 0.2) is 0 Å². The van der Waals surface area contributed by atoms with Crippen LogP contribution in [0.3, 0.4) is 0 Å². The van der Waals surface area contributed by atoms with Crippen LogP contribution in [0.2, 0.25) is 0 Å². The fourth-order valence-corrected chi connectivity index (χ4v) is 2.75. The van der Waals surface area contributed by atoms with Gasteiger partial charge in [0, 0.05) is 12.1 Å². The second-order valence-corrected chi connectivity index (χ2v) is 5.86. The number of aryl methyl sites for hydroxylation is 1. The van der Waals surface area contributed by atoms with Crippen molar-refractivity contribution >= 4 is 0 Å². The molecule has 0 atom stereocenters. The van der Waals surface area contributed by atoms with Crippen molar-refractivity contribution in [2.24, 2.45) is 5.73 Å². The van der Waals surface area contributed by atoms with E-state index in [0.29, 0.717) is 13.2 Å². The highest BCUT2D eigenvalue weighted by atomic mass is 16.5. The first-order valence-corrected chi connectivity index (χ1v) is 8.39. The number of hydrogen-bond acceptors (Lipinski definition) is 2. The maximum atomic E-state index is 6.14. The van der Waals surface area contributed by atoms with Crippen molar-refractivity contribution < 1.29 is 4.74 Å². The fourth-order valence-electron chi connectivity index (χ4n) is 2.75. The molecule has 0 aliphatic heterocycles. The number of nitrogens with two attached hydrogens (primary N) is 1. The lowest BCUT2D eigenvalue weighted by atomic mass is 10.00. The Bertz CT molecular complexity index is 796. The van der Waals surface area contributed by atoms with Crippen molar-refractivity contribution in [3.63, 3.8) is 0 Å². The Morgan fingerprint density at radius 2 is 1.58 bits per heavy atom. The number of ether oxygens (including phenoxy) is 1. The molecule has 0 saturated heterocycles. The molecule has 0 unspecified atom stereocenters. The molecule has 0 radical (unpaired) electrons. The van der Waals surface area contributed by atoms with Gasteiger partial charge >= 0.3 is 0 Å². The van der Waals surface area contributed by atoms with Crippen molar-refractivity contribution in [1.82, 2.24) is 0 Å². The molecule has 2 N–H and O–H groups in total. The molecule has 2 nitrogen and oxygen atoms in total. The minimum Gasteiger partial charge on any atom is -0.488 e. The molecular formula is C22H23NO. The highest BCUT2D eigenvalue weighted by molar-refractivity contribution is 5.71. The zero-order valence-corrected chi connectivity index (χ0v) is 14.0. The number of rotatable bonds is 6. The van der Waals surface area contributed by atoms with Gasteiger partial charge < -0.3 is 10.5 Å². The Morgan fingerprint density at radius 3 is 2.33 bits per heavy atom. The average Bonchev–Trinajstić information content (AvgIpc) is 2.67. The van der Waals surface area contributed by atoms with Crippen LogP contribution in [-0.4, -0.2) is 0 Å². The number of benzene rings is 3. The highest BCUT2D eigenvalue weighted by Crippen LogP contribution is 2.32. The molecule has 2 heteroatoms. The van der Waals surface area contributed by atoms with Crippen molar-refractivity contribution in [3.05, 3.63) is 89.5 Å². The molecule has 0 heterocycles. The van der Waals surface area contributed by atoms with E-state index in [1.165, 1.54) is 11.1 Å². The lowest BCUT2D eigenvalue weighted by Gasteiger charge is -2.14. The normalized spacial score (nSPS) is 10.6. The Labute approximate surface area is 143 Å². The summed E-state index contributed by atoms with van der Waals surface area (Å²) in [5.41, 5.74) is 11.7. The molecule has 0 saturated carbocycles. The van der Waals surface area contributed by atoms with Crippen molar-refractivity contribution in [3.8, 4) is 16.9 Å². The van der Waals surface area contributed by atoms with Gasteiger partial charge in [-0.3, -0.25) is 0 Å². The van der Waals surface area contributed by atoms with Crippen LogP contribution in [0.1, 0.15) is 23.6 Å².